The van der Waals surface area contributed by atoms with E-state index in [0.717, 1.165) is 5.56 Å². The van der Waals surface area contributed by atoms with Crippen LogP contribution >= 0.6 is 11.6 Å². The minimum absolute atomic E-state index is 0.0382. The van der Waals surface area contributed by atoms with Gasteiger partial charge in [0.1, 0.15) is 6.04 Å². The summed E-state index contributed by atoms with van der Waals surface area (Å²) in [6.07, 6.45) is 0.299. The molecule has 134 valence electrons. The minimum Gasteiger partial charge on any atom is -0.302 e. The van der Waals surface area contributed by atoms with E-state index in [9.17, 15) is 13.2 Å². The SMILES string of the molecule is CON(C)[C@H](Cc1ccccc1)C(=O)NS(=O)(=O)c1ccc(Cl)cc1. The van der Waals surface area contributed by atoms with E-state index in [-0.39, 0.29) is 4.90 Å². The number of nitrogens with zero attached hydrogens (tertiary/aromatic N) is 1. The van der Waals surface area contributed by atoms with Crippen molar-refractivity contribution < 1.29 is 18.0 Å². The second-order valence-electron chi connectivity index (χ2n) is 5.36. The van der Waals surface area contributed by atoms with E-state index in [1.54, 1.807) is 7.05 Å². The van der Waals surface area contributed by atoms with Crippen LogP contribution in [0.5, 0.6) is 0 Å². The van der Waals surface area contributed by atoms with Crippen LogP contribution in [0, 0.1) is 0 Å². The Balaban J connectivity index is 2.20. The number of hydrogen-bond donors (Lipinski definition) is 1. The lowest BCUT2D eigenvalue weighted by Gasteiger charge is -2.25. The van der Waals surface area contributed by atoms with Gasteiger partial charge in [-0.15, -0.1) is 0 Å². The molecular weight excluding hydrogens is 364 g/mol. The molecule has 0 radical (unpaired) electrons. The fraction of sp³-hybridized carbons (Fsp3) is 0.235. The summed E-state index contributed by atoms with van der Waals surface area (Å²) in [7, 11) is -1.01. The summed E-state index contributed by atoms with van der Waals surface area (Å²) >= 11 is 5.76. The molecule has 8 heteroatoms. The highest BCUT2D eigenvalue weighted by Gasteiger charge is 2.28. The lowest BCUT2D eigenvalue weighted by Crippen LogP contribution is -2.47. The smallest absolute Gasteiger partial charge is 0.264 e. The maximum absolute atomic E-state index is 12.6. The quantitative estimate of drug-likeness (QED) is 0.743. The van der Waals surface area contributed by atoms with Gasteiger partial charge in [0.15, 0.2) is 0 Å². The van der Waals surface area contributed by atoms with Crippen LogP contribution < -0.4 is 4.72 Å². The first-order valence-electron chi connectivity index (χ1n) is 7.46. The van der Waals surface area contributed by atoms with Gasteiger partial charge in [0.2, 0.25) is 0 Å². The molecule has 0 saturated heterocycles. The van der Waals surface area contributed by atoms with Crippen LogP contribution in [0.4, 0.5) is 0 Å². The molecule has 0 saturated carbocycles. The zero-order chi connectivity index (χ0) is 18.4. The summed E-state index contributed by atoms with van der Waals surface area (Å²) < 4.78 is 26.9. The molecule has 0 aliphatic carbocycles. The Morgan fingerprint density at radius 1 is 1.16 bits per heavy atom. The molecular formula is C17H19ClN2O4S. The van der Waals surface area contributed by atoms with Gasteiger partial charge in [0.05, 0.1) is 12.0 Å². The van der Waals surface area contributed by atoms with Crippen molar-refractivity contribution in [2.24, 2.45) is 0 Å². The zero-order valence-corrected chi connectivity index (χ0v) is 15.4. The Bertz CT molecular complexity index is 810. The molecule has 25 heavy (non-hydrogen) atoms. The van der Waals surface area contributed by atoms with E-state index in [4.69, 9.17) is 16.4 Å². The predicted molar refractivity (Wildman–Crippen MR) is 95.5 cm³/mol. The largest absolute Gasteiger partial charge is 0.302 e. The highest BCUT2D eigenvalue weighted by molar-refractivity contribution is 7.90. The second-order valence-corrected chi connectivity index (χ2v) is 7.48. The molecule has 0 unspecified atom stereocenters. The molecule has 0 spiro atoms. The van der Waals surface area contributed by atoms with Crippen molar-refractivity contribution in [3.8, 4) is 0 Å². The summed E-state index contributed by atoms with van der Waals surface area (Å²) in [4.78, 5) is 17.6. The molecule has 1 amide bonds. The Morgan fingerprint density at radius 2 is 1.76 bits per heavy atom. The third-order valence-electron chi connectivity index (χ3n) is 3.66. The molecule has 0 aliphatic heterocycles. The topological polar surface area (TPSA) is 75.7 Å². The number of likely N-dealkylation sites (N-methyl/N-ethyl adjacent to an activating group) is 1. The molecule has 2 rings (SSSR count). The first kappa shape index (κ1) is 19.4. The van der Waals surface area contributed by atoms with Gasteiger partial charge in [-0.2, -0.15) is 5.06 Å². The van der Waals surface area contributed by atoms with E-state index in [1.807, 2.05) is 30.3 Å². The maximum Gasteiger partial charge on any atom is 0.264 e. The van der Waals surface area contributed by atoms with Gasteiger partial charge in [-0.05, 0) is 36.2 Å². The van der Waals surface area contributed by atoms with Gasteiger partial charge in [-0.3, -0.25) is 4.79 Å². The van der Waals surface area contributed by atoms with Crippen molar-refractivity contribution in [1.82, 2.24) is 9.79 Å². The van der Waals surface area contributed by atoms with Crippen molar-refractivity contribution in [3.05, 3.63) is 65.2 Å². The van der Waals surface area contributed by atoms with Crippen LogP contribution in [-0.4, -0.2) is 39.6 Å². The normalized spacial score (nSPS) is 12.8. The monoisotopic (exact) mass is 382 g/mol. The molecule has 2 aromatic rings. The third kappa shape index (κ3) is 5.27. The Hall–Kier alpha value is -1.93. The number of nitrogens with one attached hydrogen (secondary N) is 1. The van der Waals surface area contributed by atoms with Crippen LogP contribution in [0.25, 0.3) is 0 Å². The first-order chi connectivity index (χ1) is 11.8. The fourth-order valence-corrected chi connectivity index (χ4v) is 3.36. The van der Waals surface area contributed by atoms with Crippen molar-refractivity contribution >= 4 is 27.5 Å². The van der Waals surface area contributed by atoms with E-state index in [2.05, 4.69) is 4.72 Å². The molecule has 0 aromatic heterocycles. The van der Waals surface area contributed by atoms with Gasteiger partial charge in [0, 0.05) is 12.1 Å². The van der Waals surface area contributed by atoms with Crippen molar-refractivity contribution in [3.63, 3.8) is 0 Å². The van der Waals surface area contributed by atoms with Gasteiger partial charge in [-0.1, -0.05) is 41.9 Å². The van der Waals surface area contributed by atoms with Crippen LogP contribution in [-0.2, 0) is 26.1 Å². The molecule has 0 aliphatic rings. The lowest BCUT2D eigenvalue weighted by atomic mass is 10.1. The number of carbonyl (C=O) groups excluding carboxylic acids is 1. The highest BCUT2D eigenvalue weighted by Crippen LogP contribution is 2.15. The highest BCUT2D eigenvalue weighted by atomic mass is 35.5. The minimum atomic E-state index is -4.00. The van der Waals surface area contributed by atoms with Gasteiger partial charge in [-0.25, -0.2) is 13.1 Å². The van der Waals surface area contributed by atoms with Crippen molar-refractivity contribution in [2.75, 3.05) is 14.2 Å². The third-order valence-corrected chi connectivity index (χ3v) is 5.27. The predicted octanol–water partition coefficient (Wildman–Crippen LogP) is 2.25. The van der Waals surface area contributed by atoms with E-state index < -0.39 is 22.0 Å². The number of benzene rings is 2. The average Bonchev–Trinajstić information content (AvgIpc) is 2.59. The second kappa shape index (κ2) is 8.44. The van der Waals surface area contributed by atoms with E-state index in [0.29, 0.717) is 11.4 Å². The maximum atomic E-state index is 12.6. The van der Waals surface area contributed by atoms with Crippen LogP contribution in [0.15, 0.2) is 59.5 Å². The van der Waals surface area contributed by atoms with Crippen LogP contribution in [0.3, 0.4) is 0 Å². The molecule has 0 heterocycles. The van der Waals surface area contributed by atoms with Crippen molar-refractivity contribution in [2.45, 2.75) is 17.4 Å². The molecule has 1 atom stereocenters. The Morgan fingerprint density at radius 3 is 2.32 bits per heavy atom. The number of sulfonamides is 1. The van der Waals surface area contributed by atoms with E-state index >= 15 is 0 Å². The standard InChI is InChI=1S/C17H19ClN2O4S/c1-20(24-2)16(12-13-6-4-3-5-7-13)17(21)19-25(22,23)15-10-8-14(18)9-11-15/h3-11,16H,12H2,1-2H3,(H,19,21)/t16-/m1/s1. The van der Waals surface area contributed by atoms with Crippen LogP contribution in [0.2, 0.25) is 5.02 Å². The number of halogens is 1. The summed E-state index contributed by atoms with van der Waals surface area (Å²) in [5.41, 5.74) is 0.885. The summed E-state index contributed by atoms with van der Waals surface area (Å²) in [5.74, 6) is -0.678. The molecule has 0 bridgehead atoms. The van der Waals surface area contributed by atoms with Gasteiger partial charge in [0.25, 0.3) is 15.9 Å². The van der Waals surface area contributed by atoms with Gasteiger partial charge >= 0.3 is 0 Å². The van der Waals surface area contributed by atoms with Crippen LogP contribution in [0.1, 0.15) is 5.56 Å². The fourth-order valence-electron chi connectivity index (χ4n) is 2.22. The molecule has 2 aromatic carbocycles. The summed E-state index contributed by atoms with van der Waals surface area (Å²) in [6.45, 7) is 0. The number of amides is 1. The Labute approximate surface area is 152 Å². The van der Waals surface area contributed by atoms with E-state index in [1.165, 1.54) is 36.4 Å². The summed E-state index contributed by atoms with van der Waals surface area (Å²) in [5, 5.41) is 1.73. The zero-order valence-electron chi connectivity index (χ0n) is 13.8. The lowest BCUT2D eigenvalue weighted by molar-refractivity contribution is -0.159. The Kier molecular flexibility index (Phi) is 6.55. The van der Waals surface area contributed by atoms with Crippen molar-refractivity contribution in [1.29, 1.82) is 0 Å². The average molecular weight is 383 g/mol. The number of hydrogen-bond acceptors (Lipinski definition) is 5. The number of hydroxylamine groups is 2. The molecule has 1 N–H and O–H groups in total. The first-order valence-corrected chi connectivity index (χ1v) is 9.32. The number of rotatable bonds is 7. The number of carbonyl (C=O) groups is 1. The summed E-state index contributed by atoms with van der Waals surface area (Å²) in [6, 6.07) is 14.0. The molecule has 6 nitrogen and oxygen atoms in total. The molecule has 0 fully saturated rings. The van der Waals surface area contributed by atoms with Gasteiger partial charge < -0.3 is 4.84 Å².